The minimum absolute atomic E-state index is 0.172. The van der Waals surface area contributed by atoms with Gasteiger partial charge in [-0.25, -0.2) is 4.98 Å². The third-order valence-electron chi connectivity index (χ3n) is 6.66. The number of hydrogen-bond acceptors (Lipinski definition) is 6. The number of aliphatic imine (C=N–C) groups is 1. The zero-order valence-electron chi connectivity index (χ0n) is 19.0. The average Bonchev–Trinajstić information content (AvgIpc) is 3.35. The van der Waals surface area contributed by atoms with Crippen LogP contribution in [0, 0.1) is 0 Å². The van der Waals surface area contributed by atoms with Gasteiger partial charge in [0.1, 0.15) is 11.4 Å². The van der Waals surface area contributed by atoms with Crippen molar-refractivity contribution in [2.75, 3.05) is 0 Å². The minimum Gasteiger partial charge on any atom is -0.294 e. The highest BCUT2D eigenvalue weighted by atomic mass is 16.2. The maximum Gasteiger partial charge on any atom is 0.256 e. The molecule has 2 aliphatic rings. The number of benzene rings is 2. The molecule has 6 rings (SSSR count). The molecular formula is C26H25N7O. The first kappa shape index (κ1) is 20.7. The lowest BCUT2D eigenvalue weighted by Gasteiger charge is -2.19. The predicted octanol–water partition coefficient (Wildman–Crippen LogP) is 4.55. The summed E-state index contributed by atoms with van der Waals surface area (Å²) in [5.74, 6) is 1.67. The largest absolute Gasteiger partial charge is 0.294 e. The summed E-state index contributed by atoms with van der Waals surface area (Å²) in [4.78, 5) is 24.7. The van der Waals surface area contributed by atoms with Crippen LogP contribution in [0.15, 0.2) is 59.6 Å². The monoisotopic (exact) mass is 451 g/mol. The van der Waals surface area contributed by atoms with E-state index in [1.54, 1.807) is 0 Å². The number of carbonyl (C=O) groups is 1. The topological polar surface area (TPSA) is 100 Å². The Kier molecular flexibility index (Phi) is 4.94. The number of amidine groups is 1. The number of unbranched alkanes of at least 4 members (excludes halogenated alkanes) is 1. The van der Waals surface area contributed by atoms with Gasteiger partial charge in [-0.2, -0.15) is 5.21 Å². The lowest BCUT2D eigenvalue weighted by molar-refractivity contribution is -0.128. The highest BCUT2D eigenvalue weighted by Crippen LogP contribution is 2.46. The molecule has 1 amide bonds. The highest BCUT2D eigenvalue weighted by molar-refractivity contribution is 6.09. The first-order valence-electron chi connectivity index (χ1n) is 11.8. The van der Waals surface area contributed by atoms with Gasteiger partial charge < -0.3 is 0 Å². The molecule has 1 N–H and O–H groups in total. The molecule has 2 aromatic carbocycles. The van der Waals surface area contributed by atoms with Crippen molar-refractivity contribution in [2.24, 2.45) is 4.99 Å². The van der Waals surface area contributed by atoms with Gasteiger partial charge in [0, 0.05) is 22.9 Å². The maximum absolute atomic E-state index is 13.0. The van der Waals surface area contributed by atoms with Crippen LogP contribution < -0.4 is 0 Å². The standard InChI is InChI=1S/C26H25N7O/c1-2-3-8-23-28-26(13-14-26)25(34)33(23)16-17-9-11-21-18(15-17)10-12-22(27-21)19-6-4-5-7-20(19)24-29-31-32-30-24/h4-7,9-12,15H,2-3,8,13-14,16H2,1H3,(H,29,30,31,32). The summed E-state index contributed by atoms with van der Waals surface area (Å²) < 4.78 is 0. The van der Waals surface area contributed by atoms with Gasteiger partial charge in [-0.3, -0.25) is 14.7 Å². The van der Waals surface area contributed by atoms with Crippen molar-refractivity contribution >= 4 is 22.6 Å². The van der Waals surface area contributed by atoms with Crippen molar-refractivity contribution in [2.45, 2.75) is 51.1 Å². The van der Waals surface area contributed by atoms with Crippen LogP contribution in [0.25, 0.3) is 33.5 Å². The Bertz CT molecular complexity index is 1410. The number of hydrogen-bond donors (Lipinski definition) is 1. The molecule has 0 saturated heterocycles. The van der Waals surface area contributed by atoms with Crippen molar-refractivity contribution in [3.63, 3.8) is 0 Å². The van der Waals surface area contributed by atoms with Crippen LogP contribution in [0.2, 0.25) is 0 Å². The van der Waals surface area contributed by atoms with Crippen LogP contribution in [-0.2, 0) is 11.3 Å². The molecule has 8 heteroatoms. The van der Waals surface area contributed by atoms with E-state index in [1.807, 2.05) is 41.3 Å². The van der Waals surface area contributed by atoms with E-state index in [4.69, 9.17) is 9.98 Å². The summed E-state index contributed by atoms with van der Waals surface area (Å²) in [5, 5.41) is 15.5. The van der Waals surface area contributed by atoms with Gasteiger partial charge in [0.2, 0.25) is 5.82 Å². The number of nitrogens with one attached hydrogen (secondary N) is 1. The lowest BCUT2D eigenvalue weighted by atomic mass is 10.0. The van der Waals surface area contributed by atoms with E-state index in [9.17, 15) is 4.79 Å². The Morgan fingerprint density at radius 2 is 1.91 bits per heavy atom. The van der Waals surface area contributed by atoms with Gasteiger partial charge in [0.15, 0.2) is 0 Å². The number of fused-ring (bicyclic) bond motifs is 1. The molecule has 1 saturated carbocycles. The van der Waals surface area contributed by atoms with E-state index in [-0.39, 0.29) is 5.91 Å². The Morgan fingerprint density at radius 3 is 2.68 bits per heavy atom. The number of tetrazole rings is 1. The molecule has 0 atom stereocenters. The van der Waals surface area contributed by atoms with Crippen molar-refractivity contribution in [1.82, 2.24) is 30.5 Å². The van der Waals surface area contributed by atoms with E-state index in [0.29, 0.717) is 12.4 Å². The molecule has 0 radical (unpaired) electrons. The number of carbonyl (C=O) groups excluding carboxylic acids is 1. The average molecular weight is 452 g/mol. The predicted molar refractivity (Wildman–Crippen MR) is 130 cm³/mol. The second-order valence-electron chi connectivity index (χ2n) is 9.06. The Balaban J connectivity index is 1.29. The second kappa shape index (κ2) is 8.13. The Labute approximate surface area is 197 Å². The van der Waals surface area contributed by atoms with Crippen molar-refractivity contribution < 1.29 is 4.79 Å². The van der Waals surface area contributed by atoms with E-state index >= 15 is 0 Å². The van der Waals surface area contributed by atoms with Crippen molar-refractivity contribution in [3.05, 3.63) is 60.2 Å². The summed E-state index contributed by atoms with van der Waals surface area (Å²) in [6.07, 6.45) is 4.77. The van der Waals surface area contributed by atoms with Crippen LogP contribution in [0.5, 0.6) is 0 Å². The minimum atomic E-state index is -0.442. The Hall–Kier alpha value is -3.94. The molecule has 4 aromatic rings. The van der Waals surface area contributed by atoms with Crippen LogP contribution in [-0.4, -0.2) is 47.8 Å². The molecule has 1 aliphatic heterocycles. The summed E-state index contributed by atoms with van der Waals surface area (Å²) in [7, 11) is 0. The van der Waals surface area contributed by atoms with Crippen LogP contribution in [0.3, 0.4) is 0 Å². The Morgan fingerprint density at radius 1 is 1.06 bits per heavy atom. The zero-order valence-corrected chi connectivity index (χ0v) is 19.0. The van der Waals surface area contributed by atoms with Crippen LogP contribution in [0.4, 0.5) is 0 Å². The summed E-state index contributed by atoms with van der Waals surface area (Å²) in [6.45, 7) is 2.72. The molecule has 3 heterocycles. The first-order valence-corrected chi connectivity index (χ1v) is 11.8. The molecular weight excluding hydrogens is 426 g/mol. The fraction of sp³-hybridized carbons (Fsp3) is 0.308. The third-order valence-corrected chi connectivity index (χ3v) is 6.66. The van der Waals surface area contributed by atoms with Crippen LogP contribution >= 0.6 is 0 Å². The molecule has 1 aliphatic carbocycles. The van der Waals surface area contributed by atoms with Gasteiger partial charge in [0.25, 0.3) is 5.91 Å². The van der Waals surface area contributed by atoms with E-state index in [2.05, 4.69) is 45.7 Å². The molecule has 170 valence electrons. The number of pyridine rings is 1. The maximum atomic E-state index is 13.0. The first-order chi connectivity index (χ1) is 16.7. The fourth-order valence-corrected chi connectivity index (χ4v) is 4.64. The molecule has 0 unspecified atom stereocenters. The molecule has 1 spiro atoms. The molecule has 34 heavy (non-hydrogen) atoms. The van der Waals surface area contributed by atoms with Gasteiger partial charge in [-0.1, -0.05) is 49.7 Å². The number of nitrogens with zero attached hydrogens (tertiary/aromatic N) is 6. The highest BCUT2D eigenvalue weighted by Gasteiger charge is 2.56. The van der Waals surface area contributed by atoms with Crippen molar-refractivity contribution in [1.29, 1.82) is 0 Å². The SMILES string of the molecule is CCCCC1=NC2(CC2)C(=O)N1Cc1ccc2nc(-c3ccccc3-c3nn[nH]n3)ccc2c1. The number of rotatable bonds is 7. The van der Waals surface area contributed by atoms with E-state index in [1.165, 1.54) is 0 Å². The molecule has 0 bridgehead atoms. The van der Waals surface area contributed by atoms with E-state index < -0.39 is 5.54 Å². The molecule has 8 nitrogen and oxygen atoms in total. The molecule has 2 aromatic heterocycles. The second-order valence-corrected chi connectivity index (χ2v) is 9.06. The quantitative estimate of drug-likeness (QED) is 0.444. The zero-order chi connectivity index (χ0) is 23.1. The smallest absolute Gasteiger partial charge is 0.256 e. The van der Waals surface area contributed by atoms with Gasteiger partial charge >= 0.3 is 0 Å². The number of amides is 1. The fourth-order valence-electron chi connectivity index (χ4n) is 4.64. The summed E-state index contributed by atoms with van der Waals surface area (Å²) >= 11 is 0. The number of aromatic amines is 1. The lowest BCUT2D eigenvalue weighted by Crippen LogP contribution is -2.35. The van der Waals surface area contributed by atoms with Gasteiger partial charge in [-0.05, 0) is 48.2 Å². The third kappa shape index (κ3) is 3.55. The van der Waals surface area contributed by atoms with E-state index in [0.717, 1.165) is 71.2 Å². The number of aromatic nitrogens is 5. The summed E-state index contributed by atoms with van der Waals surface area (Å²) in [6, 6.07) is 18.2. The van der Waals surface area contributed by atoms with Crippen molar-refractivity contribution in [3.8, 4) is 22.6 Å². The summed E-state index contributed by atoms with van der Waals surface area (Å²) in [5.41, 5.74) is 4.21. The molecule has 1 fully saturated rings. The van der Waals surface area contributed by atoms with Gasteiger partial charge in [-0.15, -0.1) is 10.2 Å². The number of H-pyrrole nitrogens is 1. The van der Waals surface area contributed by atoms with Gasteiger partial charge in [0.05, 0.1) is 17.8 Å². The van der Waals surface area contributed by atoms with Crippen LogP contribution in [0.1, 0.15) is 44.6 Å². The normalized spacial score (nSPS) is 16.4.